The molecule has 1 aliphatic heterocycles. The topological polar surface area (TPSA) is 77.2 Å². The Balaban J connectivity index is 1.82. The first kappa shape index (κ1) is 21.6. The highest BCUT2D eigenvalue weighted by atomic mass is 32.1. The standard InChI is InChI=1S/C24H24N4O3S/c1-15(2)12-25-24-28(27-16(3)17-6-5-7-19(10-17)30-4)21(14-32-24)18-8-9-22-20(11-18)26-23(29)13-31-22/h5-11,14H,1,12-13H2,2-4H3,(H,26,29)/b25-24?,27-16-. The Morgan fingerprint density at radius 1 is 1.28 bits per heavy atom. The first-order valence-corrected chi connectivity index (χ1v) is 10.9. The van der Waals surface area contributed by atoms with E-state index in [0.29, 0.717) is 18.0 Å². The molecule has 0 aliphatic carbocycles. The van der Waals surface area contributed by atoms with Crippen LogP contribution in [-0.4, -0.2) is 36.6 Å². The predicted molar refractivity (Wildman–Crippen MR) is 128 cm³/mol. The highest BCUT2D eigenvalue weighted by molar-refractivity contribution is 7.07. The molecule has 1 aromatic heterocycles. The molecule has 2 heterocycles. The summed E-state index contributed by atoms with van der Waals surface area (Å²) in [7, 11) is 1.64. The molecule has 32 heavy (non-hydrogen) atoms. The van der Waals surface area contributed by atoms with Gasteiger partial charge in [-0.3, -0.25) is 9.79 Å². The van der Waals surface area contributed by atoms with Gasteiger partial charge >= 0.3 is 0 Å². The van der Waals surface area contributed by atoms with Gasteiger partial charge in [-0.25, -0.2) is 4.68 Å². The third-order valence-corrected chi connectivity index (χ3v) is 5.67. The Bertz CT molecular complexity index is 1290. The molecule has 0 radical (unpaired) electrons. The monoisotopic (exact) mass is 448 g/mol. The number of rotatable bonds is 6. The SMILES string of the molecule is C=C(C)CN=c1scc(-c2ccc3c(c2)NC(=O)CO3)n1/N=C(/C)c1cccc(OC)c1. The number of aromatic nitrogens is 1. The van der Waals surface area contributed by atoms with Crippen molar-refractivity contribution in [2.24, 2.45) is 10.1 Å². The molecule has 0 saturated carbocycles. The molecule has 1 amide bonds. The van der Waals surface area contributed by atoms with Crippen molar-refractivity contribution >= 4 is 28.6 Å². The van der Waals surface area contributed by atoms with Crippen LogP contribution < -0.4 is 19.6 Å². The summed E-state index contributed by atoms with van der Waals surface area (Å²) in [5.41, 5.74) is 5.13. The van der Waals surface area contributed by atoms with Crippen LogP contribution in [0.5, 0.6) is 11.5 Å². The van der Waals surface area contributed by atoms with Gasteiger partial charge in [0.15, 0.2) is 6.61 Å². The molecule has 164 valence electrons. The maximum absolute atomic E-state index is 11.8. The summed E-state index contributed by atoms with van der Waals surface area (Å²) in [6, 6.07) is 13.5. The molecule has 0 spiro atoms. The fraction of sp³-hybridized carbons (Fsp3) is 0.208. The molecule has 4 rings (SSSR count). The van der Waals surface area contributed by atoms with E-state index in [0.717, 1.165) is 38.7 Å². The lowest BCUT2D eigenvalue weighted by molar-refractivity contribution is -0.118. The van der Waals surface area contributed by atoms with Gasteiger partial charge in [-0.1, -0.05) is 24.3 Å². The van der Waals surface area contributed by atoms with Crippen molar-refractivity contribution in [3.05, 3.63) is 70.4 Å². The van der Waals surface area contributed by atoms with Crippen LogP contribution in [0.1, 0.15) is 19.4 Å². The molecule has 0 fully saturated rings. The lowest BCUT2D eigenvalue weighted by Crippen LogP contribution is -2.25. The Hall–Kier alpha value is -3.65. The number of nitrogens with zero attached hydrogens (tertiary/aromatic N) is 3. The summed E-state index contributed by atoms with van der Waals surface area (Å²) in [5.74, 6) is 1.25. The first-order chi connectivity index (χ1) is 15.4. The minimum atomic E-state index is -0.170. The lowest BCUT2D eigenvalue weighted by atomic mass is 10.1. The summed E-state index contributed by atoms with van der Waals surface area (Å²) in [6.07, 6.45) is 0. The molecule has 0 unspecified atom stereocenters. The van der Waals surface area contributed by atoms with E-state index >= 15 is 0 Å². The zero-order valence-electron chi connectivity index (χ0n) is 18.2. The smallest absolute Gasteiger partial charge is 0.262 e. The van der Waals surface area contributed by atoms with Crippen LogP contribution in [0, 0.1) is 0 Å². The van der Waals surface area contributed by atoms with E-state index < -0.39 is 0 Å². The van der Waals surface area contributed by atoms with Crippen LogP contribution in [0.15, 0.2) is 70.1 Å². The van der Waals surface area contributed by atoms with Crippen molar-refractivity contribution in [2.45, 2.75) is 13.8 Å². The van der Waals surface area contributed by atoms with Gasteiger partial charge in [0.2, 0.25) is 4.80 Å². The third kappa shape index (κ3) is 4.65. The van der Waals surface area contributed by atoms with E-state index in [1.165, 1.54) is 11.3 Å². The quantitative estimate of drug-likeness (QED) is 0.451. The number of carbonyl (C=O) groups is 1. The van der Waals surface area contributed by atoms with Crippen molar-refractivity contribution in [1.29, 1.82) is 0 Å². The van der Waals surface area contributed by atoms with E-state index in [2.05, 4.69) is 16.9 Å². The molecule has 7 nitrogen and oxygen atoms in total. The lowest BCUT2D eigenvalue weighted by Gasteiger charge is -2.18. The minimum absolute atomic E-state index is 0.0265. The van der Waals surface area contributed by atoms with E-state index in [1.54, 1.807) is 7.11 Å². The van der Waals surface area contributed by atoms with E-state index in [1.807, 2.05) is 66.4 Å². The van der Waals surface area contributed by atoms with Crippen LogP contribution >= 0.6 is 11.3 Å². The van der Waals surface area contributed by atoms with Crippen LogP contribution in [0.4, 0.5) is 5.69 Å². The molecular weight excluding hydrogens is 424 g/mol. The highest BCUT2D eigenvalue weighted by Crippen LogP contribution is 2.33. The number of nitrogens with one attached hydrogen (secondary N) is 1. The predicted octanol–water partition coefficient (Wildman–Crippen LogP) is 4.31. The zero-order chi connectivity index (χ0) is 22.7. The number of fused-ring (bicyclic) bond motifs is 1. The summed E-state index contributed by atoms with van der Waals surface area (Å²) < 4.78 is 12.7. The van der Waals surface area contributed by atoms with Crippen LogP contribution in [-0.2, 0) is 4.79 Å². The van der Waals surface area contributed by atoms with E-state index in [-0.39, 0.29) is 12.5 Å². The Kier molecular flexibility index (Phi) is 6.23. The van der Waals surface area contributed by atoms with Crippen molar-refractivity contribution in [2.75, 3.05) is 25.6 Å². The minimum Gasteiger partial charge on any atom is -0.497 e. The van der Waals surface area contributed by atoms with Crippen LogP contribution in [0.3, 0.4) is 0 Å². The molecule has 0 atom stereocenters. The molecule has 0 saturated heterocycles. The summed E-state index contributed by atoms with van der Waals surface area (Å²) >= 11 is 1.50. The molecule has 1 N–H and O–H groups in total. The summed E-state index contributed by atoms with van der Waals surface area (Å²) in [5, 5.41) is 9.76. The Morgan fingerprint density at radius 3 is 2.91 bits per heavy atom. The average Bonchev–Trinajstić information content (AvgIpc) is 3.19. The molecular formula is C24H24N4O3S. The largest absolute Gasteiger partial charge is 0.497 e. The van der Waals surface area contributed by atoms with Gasteiger partial charge in [0, 0.05) is 16.5 Å². The van der Waals surface area contributed by atoms with E-state index in [4.69, 9.17) is 14.6 Å². The molecule has 2 aromatic carbocycles. The number of hydrogen-bond acceptors (Lipinski definition) is 6. The van der Waals surface area contributed by atoms with E-state index in [9.17, 15) is 4.79 Å². The molecule has 8 heteroatoms. The third-order valence-electron chi connectivity index (χ3n) is 4.82. The first-order valence-electron chi connectivity index (χ1n) is 10.1. The highest BCUT2D eigenvalue weighted by Gasteiger charge is 2.18. The van der Waals surface area contributed by atoms with Crippen molar-refractivity contribution in [3.63, 3.8) is 0 Å². The number of carbonyl (C=O) groups excluding carboxylic acids is 1. The van der Waals surface area contributed by atoms with Crippen molar-refractivity contribution < 1.29 is 14.3 Å². The van der Waals surface area contributed by atoms with Gasteiger partial charge in [0.25, 0.3) is 5.91 Å². The second kappa shape index (κ2) is 9.23. The van der Waals surface area contributed by atoms with Gasteiger partial charge in [-0.15, -0.1) is 11.3 Å². The van der Waals surface area contributed by atoms with Gasteiger partial charge in [-0.05, 0) is 44.2 Å². The Morgan fingerprint density at radius 2 is 2.12 bits per heavy atom. The normalized spacial score (nSPS) is 13.9. The van der Waals surface area contributed by atoms with Gasteiger partial charge in [0.1, 0.15) is 11.5 Å². The number of ether oxygens (including phenoxy) is 2. The number of thiazole rings is 1. The summed E-state index contributed by atoms with van der Waals surface area (Å²) in [4.78, 5) is 17.2. The maximum Gasteiger partial charge on any atom is 0.262 e. The number of methoxy groups -OCH3 is 1. The number of anilines is 1. The Labute approximate surface area is 190 Å². The fourth-order valence-electron chi connectivity index (χ4n) is 3.20. The summed E-state index contributed by atoms with van der Waals surface area (Å²) in [6.45, 7) is 8.38. The van der Waals surface area contributed by atoms with Gasteiger partial charge in [-0.2, -0.15) is 5.10 Å². The van der Waals surface area contributed by atoms with Crippen molar-refractivity contribution in [3.8, 4) is 22.8 Å². The molecule has 3 aromatic rings. The van der Waals surface area contributed by atoms with Gasteiger partial charge in [0.05, 0.1) is 30.7 Å². The fourth-order valence-corrected chi connectivity index (χ4v) is 4.03. The number of benzene rings is 2. The second-order valence-corrected chi connectivity index (χ2v) is 8.29. The van der Waals surface area contributed by atoms with Crippen molar-refractivity contribution in [1.82, 2.24) is 4.68 Å². The average molecular weight is 449 g/mol. The van der Waals surface area contributed by atoms with Crippen LogP contribution in [0.2, 0.25) is 0 Å². The number of hydrogen-bond donors (Lipinski definition) is 1. The number of amides is 1. The van der Waals surface area contributed by atoms with Gasteiger partial charge < -0.3 is 14.8 Å². The second-order valence-electron chi connectivity index (χ2n) is 7.45. The van der Waals surface area contributed by atoms with Crippen LogP contribution in [0.25, 0.3) is 11.3 Å². The zero-order valence-corrected chi connectivity index (χ0v) is 19.0. The maximum atomic E-state index is 11.8. The molecule has 1 aliphatic rings. The molecule has 0 bridgehead atoms.